The Bertz CT molecular complexity index is 721. The molecule has 100 valence electrons. The molecular formula is C16H13NO3. The summed E-state index contributed by atoms with van der Waals surface area (Å²) in [6, 6.07) is 11.9. The molecule has 0 aromatic heterocycles. The van der Waals surface area contributed by atoms with E-state index in [0.29, 0.717) is 16.8 Å². The number of phenolic OH excluding ortho intramolecular Hbond substituents is 1. The van der Waals surface area contributed by atoms with Gasteiger partial charge in [-0.15, -0.1) is 0 Å². The number of carbonyl (C=O) groups excluding carboxylic acids is 2. The van der Waals surface area contributed by atoms with Crippen LogP contribution in [0.3, 0.4) is 0 Å². The summed E-state index contributed by atoms with van der Waals surface area (Å²) in [5, 5.41) is 9.75. The van der Waals surface area contributed by atoms with Crippen LogP contribution in [0, 0.1) is 6.92 Å². The molecule has 1 aliphatic rings. The molecular weight excluding hydrogens is 254 g/mol. The van der Waals surface area contributed by atoms with Crippen LogP contribution < -0.4 is 4.90 Å². The summed E-state index contributed by atoms with van der Waals surface area (Å²) in [4.78, 5) is 25.8. The highest BCUT2D eigenvalue weighted by Crippen LogP contribution is 2.29. The zero-order valence-corrected chi connectivity index (χ0v) is 11.0. The SMILES string of the molecule is Cc1ccc(N2C(=O)Cc3ccccc3C2=O)cc1O. The molecule has 0 saturated carbocycles. The van der Waals surface area contributed by atoms with E-state index in [9.17, 15) is 14.7 Å². The van der Waals surface area contributed by atoms with Crippen LogP contribution in [-0.4, -0.2) is 16.9 Å². The first-order valence-electron chi connectivity index (χ1n) is 6.33. The Hall–Kier alpha value is -2.62. The number of carbonyl (C=O) groups is 2. The molecule has 0 bridgehead atoms. The number of benzene rings is 2. The third-order valence-electron chi connectivity index (χ3n) is 3.49. The third kappa shape index (κ3) is 1.86. The highest BCUT2D eigenvalue weighted by atomic mass is 16.3. The predicted molar refractivity (Wildman–Crippen MR) is 74.8 cm³/mol. The van der Waals surface area contributed by atoms with Crippen molar-refractivity contribution in [1.82, 2.24) is 0 Å². The number of amides is 2. The molecule has 0 unspecified atom stereocenters. The molecule has 4 nitrogen and oxygen atoms in total. The van der Waals surface area contributed by atoms with Gasteiger partial charge in [-0.1, -0.05) is 24.3 Å². The maximum atomic E-state index is 12.4. The minimum atomic E-state index is -0.347. The fourth-order valence-corrected chi connectivity index (χ4v) is 2.36. The molecule has 0 saturated heterocycles. The van der Waals surface area contributed by atoms with Crippen molar-refractivity contribution < 1.29 is 14.7 Å². The van der Waals surface area contributed by atoms with E-state index in [-0.39, 0.29) is 24.0 Å². The van der Waals surface area contributed by atoms with Gasteiger partial charge >= 0.3 is 0 Å². The molecule has 0 atom stereocenters. The summed E-state index contributed by atoms with van der Waals surface area (Å²) < 4.78 is 0. The normalized spacial score (nSPS) is 14.3. The van der Waals surface area contributed by atoms with Crippen LogP contribution in [-0.2, 0) is 11.2 Å². The van der Waals surface area contributed by atoms with Gasteiger partial charge in [-0.2, -0.15) is 0 Å². The van der Waals surface area contributed by atoms with E-state index in [1.165, 1.54) is 6.07 Å². The lowest BCUT2D eigenvalue weighted by molar-refractivity contribution is -0.117. The number of aryl methyl sites for hydroxylation is 1. The van der Waals surface area contributed by atoms with Gasteiger partial charge in [-0.05, 0) is 30.2 Å². The fraction of sp³-hybridized carbons (Fsp3) is 0.125. The van der Waals surface area contributed by atoms with Crippen molar-refractivity contribution in [3.05, 3.63) is 59.2 Å². The Balaban J connectivity index is 2.08. The van der Waals surface area contributed by atoms with Gasteiger partial charge in [0, 0.05) is 11.6 Å². The Morgan fingerprint density at radius 1 is 1.10 bits per heavy atom. The lowest BCUT2D eigenvalue weighted by Crippen LogP contribution is -2.42. The van der Waals surface area contributed by atoms with E-state index in [4.69, 9.17) is 0 Å². The minimum Gasteiger partial charge on any atom is -0.508 e. The van der Waals surface area contributed by atoms with Gasteiger partial charge in [0.1, 0.15) is 5.75 Å². The maximum Gasteiger partial charge on any atom is 0.265 e. The molecule has 0 fully saturated rings. The van der Waals surface area contributed by atoms with Gasteiger partial charge in [-0.3, -0.25) is 9.59 Å². The van der Waals surface area contributed by atoms with Gasteiger partial charge in [-0.25, -0.2) is 4.90 Å². The predicted octanol–water partition coefficient (Wildman–Crippen LogP) is 2.43. The first kappa shape index (κ1) is 12.4. The summed E-state index contributed by atoms with van der Waals surface area (Å²) in [5.41, 5.74) is 2.38. The summed E-state index contributed by atoms with van der Waals surface area (Å²) >= 11 is 0. The van der Waals surface area contributed by atoms with E-state index in [2.05, 4.69) is 0 Å². The molecule has 20 heavy (non-hydrogen) atoms. The van der Waals surface area contributed by atoms with Crippen LogP contribution in [0.25, 0.3) is 0 Å². The van der Waals surface area contributed by atoms with Crippen molar-refractivity contribution in [3.8, 4) is 5.75 Å². The van der Waals surface area contributed by atoms with Gasteiger partial charge in [0.2, 0.25) is 5.91 Å². The van der Waals surface area contributed by atoms with Crippen LogP contribution in [0.4, 0.5) is 5.69 Å². The van der Waals surface area contributed by atoms with E-state index >= 15 is 0 Å². The van der Waals surface area contributed by atoms with Crippen LogP contribution in [0.5, 0.6) is 5.75 Å². The van der Waals surface area contributed by atoms with Crippen LogP contribution in [0.1, 0.15) is 21.5 Å². The van der Waals surface area contributed by atoms with E-state index < -0.39 is 0 Å². The zero-order valence-electron chi connectivity index (χ0n) is 11.0. The van der Waals surface area contributed by atoms with Gasteiger partial charge in [0.25, 0.3) is 5.91 Å². The van der Waals surface area contributed by atoms with Crippen molar-refractivity contribution in [2.75, 3.05) is 4.90 Å². The molecule has 1 heterocycles. The Morgan fingerprint density at radius 2 is 1.85 bits per heavy atom. The second-order valence-electron chi connectivity index (χ2n) is 4.84. The van der Waals surface area contributed by atoms with Gasteiger partial charge < -0.3 is 5.11 Å². The van der Waals surface area contributed by atoms with Crippen LogP contribution in [0.15, 0.2) is 42.5 Å². The van der Waals surface area contributed by atoms with E-state index in [1.54, 1.807) is 37.3 Å². The third-order valence-corrected chi connectivity index (χ3v) is 3.49. The molecule has 4 heteroatoms. The number of anilines is 1. The van der Waals surface area contributed by atoms with Crippen molar-refractivity contribution >= 4 is 17.5 Å². The fourth-order valence-electron chi connectivity index (χ4n) is 2.36. The lowest BCUT2D eigenvalue weighted by atomic mass is 9.98. The van der Waals surface area contributed by atoms with Crippen LogP contribution >= 0.6 is 0 Å². The summed E-state index contributed by atoms with van der Waals surface area (Å²) in [6.07, 6.45) is 0.191. The Kier molecular flexibility index (Phi) is 2.79. The van der Waals surface area contributed by atoms with Crippen molar-refractivity contribution in [1.29, 1.82) is 0 Å². The molecule has 0 spiro atoms. The smallest absolute Gasteiger partial charge is 0.265 e. The number of imide groups is 1. The molecule has 1 N–H and O–H groups in total. The number of rotatable bonds is 1. The second-order valence-corrected chi connectivity index (χ2v) is 4.84. The topological polar surface area (TPSA) is 57.6 Å². The summed E-state index contributed by atoms with van der Waals surface area (Å²) in [7, 11) is 0. The second kappa shape index (κ2) is 4.49. The largest absolute Gasteiger partial charge is 0.508 e. The van der Waals surface area contributed by atoms with Crippen molar-refractivity contribution in [2.45, 2.75) is 13.3 Å². The molecule has 0 aliphatic carbocycles. The number of nitrogens with zero attached hydrogens (tertiary/aromatic N) is 1. The lowest BCUT2D eigenvalue weighted by Gasteiger charge is -2.27. The molecule has 0 radical (unpaired) electrons. The zero-order chi connectivity index (χ0) is 14.3. The molecule has 2 amide bonds. The molecule has 3 rings (SSSR count). The Morgan fingerprint density at radius 3 is 2.60 bits per heavy atom. The average Bonchev–Trinajstić information content (AvgIpc) is 2.43. The first-order chi connectivity index (χ1) is 9.58. The number of phenols is 1. The maximum absolute atomic E-state index is 12.4. The van der Waals surface area contributed by atoms with Gasteiger partial charge in [0.05, 0.1) is 12.1 Å². The summed E-state index contributed by atoms with van der Waals surface area (Å²) in [6.45, 7) is 1.76. The quantitative estimate of drug-likeness (QED) is 0.807. The highest BCUT2D eigenvalue weighted by Gasteiger charge is 2.31. The Labute approximate surface area is 116 Å². The van der Waals surface area contributed by atoms with E-state index in [0.717, 1.165) is 10.5 Å². The number of hydrogen-bond acceptors (Lipinski definition) is 3. The average molecular weight is 267 g/mol. The standard InChI is InChI=1S/C16H13NO3/c1-10-6-7-12(9-14(10)18)17-15(19)8-11-4-2-3-5-13(11)16(17)20/h2-7,9,18H,8H2,1H3. The van der Waals surface area contributed by atoms with E-state index in [1.807, 2.05) is 6.07 Å². The number of hydrogen-bond donors (Lipinski definition) is 1. The van der Waals surface area contributed by atoms with Crippen molar-refractivity contribution in [3.63, 3.8) is 0 Å². The molecule has 2 aromatic carbocycles. The molecule has 2 aromatic rings. The van der Waals surface area contributed by atoms with Gasteiger partial charge in [0.15, 0.2) is 0 Å². The number of aromatic hydroxyl groups is 1. The first-order valence-corrected chi connectivity index (χ1v) is 6.33. The van der Waals surface area contributed by atoms with Crippen LogP contribution in [0.2, 0.25) is 0 Å². The summed E-state index contributed by atoms with van der Waals surface area (Å²) in [5.74, 6) is -0.556. The van der Waals surface area contributed by atoms with Crippen molar-refractivity contribution in [2.24, 2.45) is 0 Å². The monoisotopic (exact) mass is 267 g/mol. The molecule has 1 aliphatic heterocycles. The highest BCUT2D eigenvalue weighted by molar-refractivity contribution is 6.24. The minimum absolute atomic E-state index is 0.0713. The number of fused-ring (bicyclic) bond motifs is 1.